The van der Waals surface area contributed by atoms with Crippen molar-refractivity contribution in [1.82, 2.24) is 4.90 Å². The quantitative estimate of drug-likeness (QED) is 0.404. The fourth-order valence-corrected chi connectivity index (χ4v) is 4.06. The van der Waals surface area contributed by atoms with Gasteiger partial charge in [0.05, 0.1) is 4.92 Å². The smallest absolute Gasteiger partial charge is 0.269 e. The molecule has 0 amide bonds. The maximum Gasteiger partial charge on any atom is 0.269 e. The zero-order valence-corrected chi connectivity index (χ0v) is 16.7. The molecule has 1 unspecified atom stereocenters. The van der Waals surface area contributed by atoms with Gasteiger partial charge in [0.15, 0.2) is 0 Å². The first kappa shape index (κ1) is 19.4. The van der Waals surface area contributed by atoms with Gasteiger partial charge in [-0.15, -0.1) is 0 Å². The van der Waals surface area contributed by atoms with E-state index in [4.69, 9.17) is 11.6 Å². The first-order valence-corrected chi connectivity index (χ1v) is 10.0. The summed E-state index contributed by atoms with van der Waals surface area (Å²) in [7, 11) is 0. The number of rotatable bonds is 5. The number of nitro benzene ring substituents is 1. The van der Waals surface area contributed by atoms with Crippen LogP contribution in [0.1, 0.15) is 23.7 Å². The van der Waals surface area contributed by atoms with E-state index in [1.807, 2.05) is 42.5 Å². The van der Waals surface area contributed by atoms with Crippen LogP contribution in [-0.4, -0.2) is 22.9 Å². The molecule has 0 saturated carbocycles. The largest absolute Gasteiger partial charge is 0.352 e. The third-order valence-corrected chi connectivity index (χ3v) is 5.53. The second-order valence-electron chi connectivity index (χ2n) is 7.20. The van der Waals surface area contributed by atoms with Gasteiger partial charge in [-0.25, -0.2) is 0 Å². The van der Waals surface area contributed by atoms with E-state index in [1.165, 1.54) is 5.56 Å². The third kappa shape index (κ3) is 4.42. The Morgan fingerprint density at radius 1 is 0.931 bits per heavy atom. The standard InChI is InChI=1S/C23H22ClN3O2/c24-20-9-13-21(14-10-20)26-16-4-15-25(17-18-5-2-1-3-6-18)23(26)19-7-11-22(12-8-19)27(28)29/h1-3,5-14,23H,4,15-17H2. The summed E-state index contributed by atoms with van der Waals surface area (Å²) >= 11 is 6.09. The van der Waals surface area contributed by atoms with Gasteiger partial charge in [0.25, 0.3) is 5.69 Å². The van der Waals surface area contributed by atoms with Crippen molar-refractivity contribution in [2.24, 2.45) is 0 Å². The van der Waals surface area contributed by atoms with Crippen LogP contribution in [0.25, 0.3) is 0 Å². The topological polar surface area (TPSA) is 49.6 Å². The molecule has 148 valence electrons. The molecule has 1 fully saturated rings. The van der Waals surface area contributed by atoms with Gasteiger partial charge in [-0.2, -0.15) is 0 Å². The molecule has 1 heterocycles. The average Bonchev–Trinajstić information content (AvgIpc) is 2.75. The van der Waals surface area contributed by atoms with Crippen LogP contribution in [0.2, 0.25) is 5.02 Å². The Bertz CT molecular complexity index is 962. The van der Waals surface area contributed by atoms with Crippen molar-refractivity contribution in [2.45, 2.75) is 19.1 Å². The van der Waals surface area contributed by atoms with Crippen LogP contribution in [0.3, 0.4) is 0 Å². The Morgan fingerprint density at radius 3 is 2.28 bits per heavy atom. The number of nitro groups is 1. The highest BCUT2D eigenvalue weighted by molar-refractivity contribution is 6.30. The monoisotopic (exact) mass is 407 g/mol. The Kier molecular flexibility index (Phi) is 5.79. The summed E-state index contributed by atoms with van der Waals surface area (Å²) in [4.78, 5) is 15.5. The van der Waals surface area contributed by atoms with Crippen molar-refractivity contribution in [3.63, 3.8) is 0 Å². The van der Waals surface area contributed by atoms with E-state index in [0.717, 1.165) is 37.3 Å². The Balaban J connectivity index is 1.71. The fraction of sp³-hybridized carbons (Fsp3) is 0.217. The van der Waals surface area contributed by atoms with Gasteiger partial charge in [-0.1, -0.05) is 41.9 Å². The molecule has 3 aromatic carbocycles. The van der Waals surface area contributed by atoms with Crippen LogP contribution < -0.4 is 4.90 Å². The Labute approximate surface area is 175 Å². The molecule has 3 aromatic rings. The van der Waals surface area contributed by atoms with Crippen molar-refractivity contribution in [3.05, 3.63) is 105 Å². The van der Waals surface area contributed by atoms with Gasteiger partial charge in [0.2, 0.25) is 0 Å². The maximum atomic E-state index is 11.1. The van der Waals surface area contributed by atoms with Crippen LogP contribution in [0, 0.1) is 10.1 Å². The predicted octanol–water partition coefficient (Wildman–Crippen LogP) is 5.66. The average molecular weight is 408 g/mol. The number of halogens is 1. The van der Waals surface area contributed by atoms with Gasteiger partial charge in [-0.05, 0) is 53.9 Å². The lowest BCUT2D eigenvalue weighted by Gasteiger charge is -2.45. The zero-order valence-electron chi connectivity index (χ0n) is 15.9. The first-order chi connectivity index (χ1) is 14.1. The van der Waals surface area contributed by atoms with E-state index < -0.39 is 0 Å². The van der Waals surface area contributed by atoms with Crippen LogP contribution in [0.4, 0.5) is 11.4 Å². The van der Waals surface area contributed by atoms with Crippen LogP contribution in [0.15, 0.2) is 78.9 Å². The Morgan fingerprint density at radius 2 is 1.62 bits per heavy atom. The number of anilines is 1. The maximum absolute atomic E-state index is 11.1. The minimum absolute atomic E-state index is 0.00839. The number of nitrogens with zero attached hydrogens (tertiary/aromatic N) is 3. The lowest BCUT2D eigenvalue weighted by atomic mass is 10.0. The number of hydrogen-bond donors (Lipinski definition) is 0. The SMILES string of the molecule is O=[N+]([O-])c1ccc(C2N(Cc3ccccc3)CCCN2c2ccc(Cl)cc2)cc1. The minimum Gasteiger partial charge on any atom is -0.352 e. The molecule has 5 nitrogen and oxygen atoms in total. The molecular weight excluding hydrogens is 386 g/mol. The van der Waals surface area contributed by atoms with E-state index in [-0.39, 0.29) is 16.8 Å². The number of non-ortho nitro benzene ring substituents is 1. The van der Waals surface area contributed by atoms with Crippen molar-refractivity contribution in [2.75, 3.05) is 18.0 Å². The summed E-state index contributed by atoms with van der Waals surface area (Å²) in [6, 6.07) is 25.2. The number of hydrogen-bond acceptors (Lipinski definition) is 4. The van der Waals surface area contributed by atoms with Crippen LogP contribution >= 0.6 is 11.6 Å². The molecule has 29 heavy (non-hydrogen) atoms. The molecule has 0 N–H and O–H groups in total. The highest BCUT2D eigenvalue weighted by Gasteiger charge is 2.31. The molecule has 1 atom stereocenters. The Hall–Kier alpha value is -2.89. The van der Waals surface area contributed by atoms with Crippen LogP contribution in [0.5, 0.6) is 0 Å². The summed E-state index contributed by atoms with van der Waals surface area (Å²) < 4.78 is 0. The summed E-state index contributed by atoms with van der Waals surface area (Å²) in [6.07, 6.45) is 1.03. The van der Waals surface area contributed by atoms with Crippen molar-refractivity contribution >= 4 is 23.0 Å². The molecule has 1 saturated heterocycles. The van der Waals surface area contributed by atoms with Gasteiger partial charge >= 0.3 is 0 Å². The van der Waals surface area contributed by atoms with E-state index in [2.05, 4.69) is 34.1 Å². The lowest BCUT2D eigenvalue weighted by molar-refractivity contribution is -0.384. The second kappa shape index (κ2) is 8.64. The normalized spacial score (nSPS) is 17.3. The molecule has 1 aliphatic heterocycles. The second-order valence-corrected chi connectivity index (χ2v) is 7.64. The molecule has 0 aliphatic carbocycles. The lowest BCUT2D eigenvalue weighted by Crippen LogP contribution is -2.47. The third-order valence-electron chi connectivity index (χ3n) is 5.27. The van der Waals surface area contributed by atoms with Gasteiger partial charge < -0.3 is 4.90 Å². The number of benzene rings is 3. The van der Waals surface area contributed by atoms with E-state index in [1.54, 1.807) is 12.1 Å². The molecule has 4 rings (SSSR count). The van der Waals surface area contributed by atoms with Gasteiger partial charge in [-0.3, -0.25) is 15.0 Å². The first-order valence-electron chi connectivity index (χ1n) is 9.66. The highest BCUT2D eigenvalue weighted by Crippen LogP contribution is 2.35. The highest BCUT2D eigenvalue weighted by atomic mass is 35.5. The summed E-state index contributed by atoms with van der Waals surface area (Å²) in [5.74, 6) is 0. The molecule has 6 heteroatoms. The van der Waals surface area contributed by atoms with Crippen LogP contribution in [-0.2, 0) is 6.54 Å². The molecule has 0 radical (unpaired) electrons. The van der Waals surface area contributed by atoms with Crippen molar-refractivity contribution in [1.29, 1.82) is 0 Å². The zero-order chi connectivity index (χ0) is 20.2. The fourth-order valence-electron chi connectivity index (χ4n) is 3.93. The molecular formula is C23H22ClN3O2. The predicted molar refractivity (Wildman–Crippen MR) is 116 cm³/mol. The van der Waals surface area contributed by atoms with E-state index >= 15 is 0 Å². The van der Waals surface area contributed by atoms with Gasteiger partial charge in [0, 0.05) is 42.5 Å². The molecule has 0 aromatic heterocycles. The minimum atomic E-state index is -0.358. The van der Waals surface area contributed by atoms with Crippen molar-refractivity contribution in [3.8, 4) is 0 Å². The summed E-state index contributed by atoms with van der Waals surface area (Å²) in [5, 5.41) is 11.8. The molecule has 0 spiro atoms. The molecule has 0 bridgehead atoms. The van der Waals surface area contributed by atoms with E-state index in [0.29, 0.717) is 5.02 Å². The van der Waals surface area contributed by atoms with E-state index in [9.17, 15) is 10.1 Å². The van der Waals surface area contributed by atoms with Crippen molar-refractivity contribution < 1.29 is 4.92 Å². The molecule has 1 aliphatic rings. The van der Waals surface area contributed by atoms with Gasteiger partial charge in [0.1, 0.15) is 6.17 Å². The summed E-state index contributed by atoms with van der Waals surface area (Å²) in [5.41, 5.74) is 3.49. The summed E-state index contributed by atoms with van der Waals surface area (Å²) in [6.45, 7) is 2.68.